The van der Waals surface area contributed by atoms with Crippen molar-refractivity contribution >= 4 is 29.8 Å². The molecule has 0 bridgehead atoms. The fourth-order valence-corrected chi connectivity index (χ4v) is 6.54. The normalized spacial score (nSPS) is 12.5. The highest BCUT2D eigenvalue weighted by Crippen LogP contribution is 2.15. The van der Waals surface area contributed by atoms with E-state index in [0.717, 1.165) is 13.0 Å². The zero-order valence-electron chi connectivity index (χ0n) is 53.5. The minimum absolute atomic E-state index is 0.0871. The number of rotatable bonds is 63. The molecule has 0 unspecified atom stereocenters. The number of unbranched alkanes of at least 4 members (excludes halogenated alkanes) is 1. The van der Waals surface area contributed by atoms with Crippen LogP contribution in [0.25, 0.3) is 0 Å². The van der Waals surface area contributed by atoms with Crippen LogP contribution in [0.1, 0.15) is 100 Å². The molecule has 0 spiro atoms. The van der Waals surface area contributed by atoms with Crippen molar-refractivity contribution in [3.05, 3.63) is 0 Å². The Morgan fingerprint density at radius 1 is 0.407 bits per heavy atom. The number of ketones is 1. The van der Waals surface area contributed by atoms with E-state index in [1.54, 1.807) is 41.5 Å². The predicted molar refractivity (Wildman–Crippen MR) is 315 cm³/mol. The van der Waals surface area contributed by atoms with Gasteiger partial charge in [-0.05, 0) is 80.1 Å². The molecular formula is C58H112N4O24. The number of hydrogen-bond donors (Lipinski definition) is 3. The number of Topliss-reactive ketones (excluding diaryl/α,β-unsaturated/α-hetero) is 1. The van der Waals surface area contributed by atoms with E-state index >= 15 is 0 Å². The number of ether oxygens (including phenoxy) is 18. The van der Waals surface area contributed by atoms with Crippen molar-refractivity contribution in [1.82, 2.24) is 15.7 Å². The molecule has 0 aromatic carbocycles. The van der Waals surface area contributed by atoms with Crippen molar-refractivity contribution in [1.29, 1.82) is 0 Å². The van der Waals surface area contributed by atoms with Crippen molar-refractivity contribution in [2.24, 2.45) is 5.73 Å². The van der Waals surface area contributed by atoms with E-state index in [-0.39, 0.29) is 57.8 Å². The standard InChI is InChI=1S/C58H112N4O24/c1-9-17-68-19-21-70-23-25-79-41-42-81-45-46-83-49-53(64)61-51(14-11-12-16-60-54(65)50(59)10-2)52(63)15-13-18-69-20-22-71-24-26-72-27-28-73-29-30-74-31-32-75-33-34-76-35-36-77-37-38-78-39-40-80-43-44-82-47-48-84-62(55(66)85-57(3,4)5)56(67)86-58(6,7)8/h50-51H,9-49,59H2,1-8H3,(H,60,65)(H,61,64)/t50-,51-/m0/s1. The van der Waals surface area contributed by atoms with Crippen LogP contribution in [0.2, 0.25) is 0 Å². The Bertz CT molecular complexity index is 1570. The Kier molecular flexibility index (Phi) is 56.9. The van der Waals surface area contributed by atoms with Crippen LogP contribution < -0.4 is 16.4 Å². The number of nitrogens with two attached hydrogens (primary N) is 1. The van der Waals surface area contributed by atoms with Gasteiger partial charge in [-0.25, -0.2) is 9.59 Å². The molecule has 4 amide bonds. The first-order valence-electron chi connectivity index (χ1n) is 30.5. The molecule has 28 heteroatoms. The number of nitrogens with zero attached hydrogens (tertiary/aromatic N) is 1. The molecule has 86 heavy (non-hydrogen) atoms. The lowest BCUT2D eigenvalue weighted by Gasteiger charge is -2.27. The first-order chi connectivity index (χ1) is 41.5. The number of carbonyl (C=O) groups is 5. The molecule has 0 aliphatic rings. The number of hydrogen-bond acceptors (Lipinski definition) is 25. The Morgan fingerprint density at radius 3 is 1.05 bits per heavy atom. The lowest BCUT2D eigenvalue weighted by atomic mass is 10.0. The average molecular weight is 1250 g/mol. The lowest BCUT2D eigenvalue weighted by Crippen LogP contribution is -2.44. The number of hydroxylamine groups is 2. The number of amides is 4. The zero-order chi connectivity index (χ0) is 63.5. The second-order valence-corrected chi connectivity index (χ2v) is 20.8. The van der Waals surface area contributed by atoms with Gasteiger partial charge in [0.05, 0.1) is 210 Å². The highest BCUT2D eigenvalue weighted by Gasteiger charge is 2.32. The van der Waals surface area contributed by atoms with E-state index in [1.807, 2.05) is 6.92 Å². The first kappa shape index (κ1) is 82.6. The summed E-state index contributed by atoms with van der Waals surface area (Å²) in [6.45, 7) is 26.7. The molecule has 0 aromatic heterocycles. The van der Waals surface area contributed by atoms with Gasteiger partial charge in [0.1, 0.15) is 17.8 Å². The van der Waals surface area contributed by atoms with Crippen LogP contribution in [0.4, 0.5) is 9.59 Å². The third kappa shape index (κ3) is 58.3. The minimum Gasteiger partial charge on any atom is -0.442 e. The maximum atomic E-state index is 13.2. The van der Waals surface area contributed by atoms with Crippen LogP contribution in [0, 0.1) is 0 Å². The summed E-state index contributed by atoms with van der Waals surface area (Å²) in [5, 5.41) is 6.08. The SMILES string of the molecule is CCCOCCOCCOCCOCCOCC(=O)N[C@@H](CCCCNC(=O)[C@@H](N)CC)C(=O)CCCOCCOCCOCCOCCOCCOCCOCCOCCOCCOCCOCCON(C(=O)OC(C)(C)C)C(=O)OC(C)(C)C. The molecule has 0 fully saturated rings. The van der Waals surface area contributed by atoms with Crippen LogP contribution in [-0.4, -0.2) is 283 Å². The van der Waals surface area contributed by atoms with Crippen molar-refractivity contribution in [3.63, 3.8) is 0 Å². The molecule has 4 N–H and O–H groups in total. The molecule has 0 rings (SSSR count). The second-order valence-electron chi connectivity index (χ2n) is 20.8. The summed E-state index contributed by atoms with van der Waals surface area (Å²) in [5.74, 6) is -0.712. The van der Waals surface area contributed by atoms with Gasteiger partial charge in [0.25, 0.3) is 0 Å². The van der Waals surface area contributed by atoms with E-state index in [0.29, 0.717) is 215 Å². The first-order valence-corrected chi connectivity index (χ1v) is 30.5. The Hall–Kier alpha value is -3.37. The van der Waals surface area contributed by atoms with Crippen LogP contribution >= 0.6 is 0 Å². The summed E-state index contributed by atoms with van der Waals surface area (Å²) in [6, 6.07) is -1.25. The summed E-state index contributed by atoms with van der Waals surface area (Å²) >= 11 is 0. The zero-order valence-corrected chi connectivity index (χ0v) is 53.5. The highest BCUT2D eigenvalue weighted by atomic mass is 16.8. The van der Waals surface area contributed by atoms with Crippen molar-refractivity contribution in [3.8, 4) is 0 Å². The molecule has 0 heterocycles. The van der Waals surface area contributed by atoms with Crippen molar-refractivity contribution < 1.29 is 114 Å². The molecule has 0 radical (unpaired) electrons. The van der Waals surface area contributed by atoms with Crippen LogP contribution in [0.3, 0.4) is 0 Å². The van der Waals surface area contributed by atoms with Gasteiger partial charge in [-0.15, -0.1) is 0 Å². The Morgan fingerprint density at radius 2 is 0.721 bits per heavy atom. The van der Waals surface area contributed by atoms with Crippen LogP contribution in [0.15, 0.2) is 0 Å². The van der Waals surface area contributed by atoms with Gasteiger partial charge >= 0.3 is 12.2 Å². The van der Waals surface area contributed by atoms with E-state index in [1.165, 1.54) is 0 Å². The van der Waals surface area contributed by atoms with Crippen LogP contribution in [0.5, 0.6) is 0 Å². The van der Waals surface area contributed by atoms with Gasteiger partial charge in [-0.2, -0.15) is 0 Å². The largest absolute Gasteiger partial charge is 0.444 e. The molecule has 508 valence electrons. The maximum Gasteiger partial charge on any atom is 0.444 e. The summed E-state index contributed by atoms with van der Waals surface area (Å²) < 4.78 is 98.5. The quantitative estimate of drug-likeness (QED) is 0.0578. The van der Waals surface area contributed by atoms with Gasteiger partial charge in [0.15, 0.2) is 5.78 Å². The molecule has 0 saturated carbocycles. The number of carbonyl (C=O) groups excluding carboxylic acids is 5. The third-order valence-corrected chi connectivity index (χ3v) is 10.8. The summed E-state index contributed by atoms with van der Waals surface area (Å²) in [6.07, 6.45) is 1.91. The van der Waals surface area contributed by atoms with Gasteiger partial charge in [-0.1, -0.05) is 18.9 Å². The number of nitrogens with one attached hydrogen (secondary N) is 2. The van der Waals surface area contributed by atoms with E-state index in [2.05, 4.69) is 17.6 Å². The monoisotopic (exact) mass is 1250 g/mol. The summed E-state index contributed by atoms with van der Waals surface area (Å²) in [7, 11) is 0. The average Bonchev–Trinajstić information content (AvgIpc) is 3.62. The topological polar surface area (TPSA) is 314 Å². The van der Waals surface area contributed by atoms with Gasteiger partial charge in [-0.3, -0.25) is 19.2 Å². The molecule has 2 atom stereocenters. The molecular weight excluding hydrogens is 1140 g/mol. The van der Waals surface area contributed by atoms with Crippen LogP contribution in [-0.2, 0) is 104 Å². The fourth-order valence-electron chi connectivity index (χ4n) is 6.54. The summed E-state index contributed by atoms with van der Waals surface area (Å²) in [5.41, 5.74) is 4.12. The minimum atomic E-state index is -0.982. The van der Waals surface area contributed by atoms with Gasteiger partial charge < -0.3 is 102 Å². The summed E-state index contributed by atoms with van der Waals surface area (Å²) in [4.78, 5) is 68.1. The Labute approximate surface area is 512 Å². The molecule has 0 aliphatic heterocycles. The second kappa shape index (κ2) is 59.3. The maximum absolute atomic E-state index is 13.2. The highest BCUT2D eigenvalue weighted by molar-refractivity contribution is 5.89. The Balaban J connectivity index is 3.79. The smallest absolute Gasteiger partial charge is 0.442 e. The molecule has 0 saturated heterocycles. The molecule has 0 aliphatic carbocycles. The van der Waals surface area contributed by atoms with E-state index < -0.39 is 41.4 Å². The molecule has 28 nitrogen and oxygen atoms in total. The lowest BCUT2D eigenvalue weighted by molar-refractivity contribution is -0.148. The van der Waals surface area contributed by atoms with Crippen molar-refractivity contribution in [2.45, 2.75) is 124 Å². The van der Waals surface area contributed by atoms with Gasteiger partial charge in [0.2, 0.25) is 11.8 Å². The van der Waals surface area contributed by atoms with E-state index in [4.69, 9.17) is 95.8 Å². The predicted octanol–water partition coefficient (Wildman–Crippen LogP) is 3.62. The fraction of sp³-hybridized carbons (Fsp3) is 0.914. The van der Waals surface area contributed by atoms with Gasteiger partial charge in [0, 0.05) is 26.2 Å². The third-order valence-electron chi connectivity index (χ3n) is 10.8. The molecule has 0 aromatic rings. The van der Waals surface area contributed by atoms with Crippen molar-refractivity contribution in [2.75, 3.05) is 225 Å². The number of imide groups is 1. The van der Waals surface area contributed by atoms with E-state index in [9.17, 15) is 24.0 Å².